The fraction of sp³-hybridized carbons (Fsp3) is 0.143. The number of nitrogens with one attached hydrogen (secondary N) is 1. The summed E-state index contributed by atoms with van der Waals surface area (Å²) in [5, 5.41) is 0. The number of aromatic nitrogens is 1. The van der Waals surface area contributed by atoms with Crippen molar-refractivity contribution in [1.29, 1.82) is 0 Å². The number of amides is 1. The number of halogens is 1. The Bertz CT molecular complexity index is 766. The van der Waals surface area contributed by atoms with Crippen LogP contribution in [0, 0.1) is 19.7 Å². The molecule has 110 valence electrons. The average Bonchev–Trinajstić information content (AvgIpc) is 2.44. The molecule has 1 aromatic heterocycles. The van der Waals surface area contributed by atoms with Crippen LogP contribution < -0.4 is 4.72 Å². The third-order valence-corrected chi connectivity index (χ3v) is 4.18. The molecular weight excluding hydrogens is 295 g/mol. The van der Waals surface area contributed by atoms with Crippen molar-refractivity contribution in [2.75, 3.05) is 0 Å². The lowest BCUT2D eigenvalue weighted by Gasteiger charge is -2.09. The van der Waals surface area contributed by atoms with Crippen LogP contribution in [0.1, 0.15) is 21.5 Å². The smallest absolute Gasteiger partial charge is 0.266 e. The Balaban J connectivity index is 2.33. The number of carbonyl (C=O) groups excluding carboxylic acids is 1. The number of sulfonamides is 1. The van der Waals surface area contributed by atoms with E-state index in [4.69, 9.17) is 0 Å². The lowest BCUT2D eigenvalue weighted by Crippen LogP contribution is -2.30. The minimum absolute atomic E-state index is 0.122. The zero-order valence-electron chi connectivity index (χ0n) is 11.4. The molecule has 0 bridgehead atoms. The van der Waals surface area contributed by atoms with Crippen LogP contribution in [0.25, 0.3) is 0 Å². The van der Waals surface area contributed by atoms with E-state index >= 15 is 0 Å². The van der Waals surface area contributed by atoms with Gasteiger partial charge in [-0.25, -0.2) is 17.5 Å². The van der Waals surface area contributed by atoms with Crippen LogP contribution in [0.5, 0.6) is 0 Å². The second-order valence-corrected chi connectivity index (χ2v) is 6.23. The van der Waals surface area contributed by atoms with Crippen molar-refractivity contribution in [2.45, 2.75) is 18.7 Å². The standard InChI is InChI=1S/C14H13FN2O3S/c1-9-6-12(7-10(2)13(9)15)21(19,20)17-14(18)11-4-3-5-16-8-11/h3-8H,1-2H3,(H,17,18). The van der Waals surface area contributed by atoms with Gasteiger partial charge in [0.1, 0.15) is 5.82 Å². The van der Waals surface area contributed by atoms with Crippen molar-refractivity contribution in [3.63, 3.8) is 0 Å². The molecule has 1 N–H and O–H groups in total. The molecule has 21 heavy (non-hydrogen) atoms. The molecule has 0 aliphatic rings. The second kappa shape index (κ2) is 5.61. The van der Waals surface area contributed by atoms with E-state index in [2.05, 4.69) is 4.98 Å². The van der Waals surface area contributed by atoms with Gasteiger partial charge < -0.3 is 0 Å². The van der Waals surface area contributed by atoms with Gasteiger partial charge in [-0.3, -0.25) is 9.78 Å². The number of rotatable bonds is 3. The van der Waals surface area contributed by atoms with E-state index in [1.54, 1.807) is 0 Å². The Hall–Kier alpha value is -2.28. The number of hydrogen-bond donors (Lipinski definition) is 1. The number of benzene rings is 1. The summed E-state index contributed by atoms with van der Waals surface area (Å²) in [5.74, 6) is -1.25. The summed E-state index contributed by atoms with van der Waals surface area (Å²) < 4.78 is 39.8. The van der Waals surface area contributed by atoms with Gasteiger partial charge in [0.05, 0.1) is 10.5 Å². The third-order valence-electron chi connectivity index (χ3n) is 2.87. The molecule has 5 nitrogen and oxygen atoms in total. The first-order valence-corrected chi connectivity index (χ1v) is 7.53. The van der Waals surface area contributed by atoms with Crippen molar-refractivity contribution >= 4 is 15.9 Å². The van der Waals surface area contributed by atoms with Crippen LogP contribution in [0.4, 0.5) is 4.39 Å². The predicted molar refractivity (Wildman–Crippen MR) is 74.8 cm³/mol. The molecule has 0 saturated heterocycles. The van der Waals surface area contributed by atoms with Gasteiger partial charge >= 0.3 is 0 Å². The molecule has 0 saturated carbocycles. The van der Waals surface area contributed by atoms with Crippen molar-refractivity contribution in [3.8, 4) is 0 Å². The maximum Gasteiger partial charge on any atom is 0.266 e. The highest BCUT2D eigenvalue weighted by molar-refractivity contribution is 7.90. The van der Waals surface area contributed by atoms with Crippen molar-refractivity contribution in [2.24, 2.45) is 0 Å². The maximum atomic E-state index is 13.5. The first-order valence-electron chi connectivity index (χ1n) is 6.05. The Morgan fingerprint density at radius 1 is 1.24 bits per heavy atom. The van der Waals surface area contributed by atoms with Crippen molar-refractivity contribution in [1.82, 2.24) is 9.71 Å². The van der Waals surface area contributed by atoms with Crippen molar-refractivity contribution < 1.29 is 17.6 Å². The number of aryl methyl sites for hydroxylation is 2. The monoisotopic (exact) mass is 308 g/mol. The summed E-state index contributed by atoms with van der Waals surface area (Å²) in [6.45, 7) is 2.93. The van der Waals surface area contributed by atoms with E-state index < -0.39 is 21.7 Å². The second-order valence-electron chi connectivity index (χ2n) is 4.55. The predicted octanol–water partition coefficient (Wildman–Crippen LogP) is 1.96. The number of hydrogen-bond acceptors (Lipinski definition) is 4. The lowest BCUT2D eigenvalue weighted by atomic mass is 10.1. The maximum absolute atomic E-state index is 13.5. The third kappa shape index (κ3) is 3.25. The topological polar surface area (TPSA) is 76.1 Å². The van der Waals surface area contributed by atoms with Gasteiger partial charge in [0.2, 0.25) is 0 Å². The Morgan fingerprint density at radius 2 is 1.86 bits per heavy atom. The van der Waals surface area contributed by atoms with Gasteiger partial charge in [0.25, 0.3) is 15.9 Å². The molecule has 1 amide bonds. The van der Waals surface area contributed by atoms with E-state index in [0.29, 0.717) is 0 Å². The fourth-order valence-corrected chi connectivity index (χ4v) is 2.94. The number of carbonyl (C=O) groups is 1. The van der Waals surface area contributed by atoms with Crippen LogP contribution in [0.2, 0.25) is 0 Å². The Morgan fingerprint density at radius 3 is 2.38 bits per heavy atom. The summed E-state index contributed by atoms with van der Waals surface area (Å²) in [6, 6.07) is 5.33. The number of nitrogens with zero attached hydrogens (tertiary/aromatic N) is 1. The summed E-state index contributed by atoms with van der Waals surface area (Å²) in [6.07, 6.45) is 2.73. The molecule has 0 fully saturated rings. The molecule has 1 heterocycles. The Kier molecular flexibility index (Phi) is 4.04. The summed E-state index contributed by atoms with van der Waals surface area (Å²) in [4.78, 5) is 15.5. The fourth-order valence-electron chi connectivity index (χ4n) is 1.80. The van der Waals surface area contributed by atoms with Crippen LogP contribution in [-0.2, 0) is 10.0 Å². The largest absolute Gasteiger partial charge is 0.268 e. The molecule has 0 spiro atoms. The first kappa shape index (κ1) is 15.1. The molecule has 2 rings (SSSR count). The van der Waals surface area contributed by atoms with Crippen LogP contribution >= 0.6 is 0 Å². The summed E-state index contributed by atoms with van der Waals surface area (Å²) in [7, 11) is -4.06. The minimum atomic E-state index is -4.06. The normalized spacial score (nSPS) is 11.2. The van der Waals surface area contributed by atoms with E-state index in [-0.39, 0.29) is 21.6 Å². The summed E-state index contributed by atoms with van der Waals surface area (Å²) >= 11 is 0. The highest BCUT2D eigenvalue weighted by Gasteiger charge is 2.20. The molecule has 0 aliphatic carbocycles. The van der Waals surface area contributed by atoms with Crippen LogP contribution in [0.3, 0.4) is 0 Å². The van der Waals surface area contributed by atoms with E-state index in [0.717, 1.165) is 0 Å². The first-order chi connectivity index (χ1) is 9.81. The average molecular weight is 308 g/mol. The zero-order chi connectivity index (χ0) is 15.6. The lowest BCUT2D eigenvalue weighted by molar-refractivity contribution is 0.0981. The molecule has 0 aliphatic heterocycles. The molecule has 0 unspecified atom stereocenters. The van der Waals surface area contributed by atoms with Crippen LogP contribution in [-0.4, -0.2) is 19.3 Å². The van der Waals surface area contributed by atoms with Gasteiger partial charge in [-0.15, -0.1) is 0 Å². The molecule has 0 radical (unpaired) electrons. The zero-order valence-corrected chi connectivity index (χ0v) is 12.2. The van der Waals surface area contributed by atoms with E-state index in [9.17, 15) is 17.6 Å². The molecule has 7 heteroatoms. The van der Waals surface area contributed by atoms with Gasteiger partial charge in [0.15, 0.2) is 0 Å². The quantitative estimate of drug-likeness (QED) is 0.940. The van der Waals surface area contributed by atoms with E-state index in [1.807, 2.05) is 4.72 Å². The Labute approximate surface area is 121 Å². The summed E-state index contributed by atoms with van der Waals surface area (Å²) in [5.41, 5.74) is 0.519. The van der Waals surface area contributed by atoms with Gasteiger partial charge in [-0.05, 0) is 49.2 Å². The molecule has 1 aromatic carbocycles. The number of pyridine rings is 1. The molecule has 0 atom stereocenters. The molecular formula is C14H13FN2O3S. The van der Waals surface area contributed by atoms with Gasteiger partial charge in [-0.2, -0.15) is 0 Å². The van der Waals surface area contributed by atoms with Crippen molar-refractivity contribution in [3.05, 3.63) is 59.2 Å². The highest BCUT2D eigenvalue weighted by Crippen LogP contribution is 2.18. The van der Waals surface area contributed by atoms with E-state index in [1.165, 1.54) is 50.5 Å². The minimum Gasteiger partial charge on any atom is -0.268 e. The van der Waals surface area contributed by atoms with Gasteiger partial charge in [-0.1, -0.05) is 0 Å². The highest BCUT2D eigenvalue weighted by atomic mass is 32.2. The van der Waals surface area contributed by atoms with Crippen LogP contribution in [0.15, 0.2) is 41.6 Å². The molecule has 2 aromatic rings. The SMILES string of the molecule is Cc1cc(S(=O)(=O)NC(=O)c2cccnc2)cc(C)c1F. The van der Waals surface area contributed by atoms with Gasteiger partial charge in [0, 0.05) is 12.4 Å².